The Hall–Kier alpha value is -4.82. The number of carbonyl (C=O) groups excluding carboxylic acids is 7. The number of nitrogens with one attached hydrogen (secondary N) is 3. The molecular weight excluding hydrogens is 711 g/mol. The molecule has 15 heteroatoms. The highest BCUT2D eigenvalue weighted by Gasteiger charge is 2.50. The predicted molar refractivity (Wildman–Crippen MR) is 199 cm³/mol. The Morgan fingerprint density at radius 3 is 2.36 bits per heavy atom. The Morgan fingerprint density at radius 1 is 0.982 bits per heavy atom. The number of benzene rings is 1. The van der Waals surface area contributed by atoms with Gasteiger partial charge in [0.15, 0.2) is 0 Å². The minimum absolute atomic E-state index is 0.115. The first-order valence-electron chi connectivity index (χ1n) is 19.7. The summed E-state index contributed by atoms with van der Waals surface area (Å²) in [4.78, 5) is 101. The van der Waals surface area contributed by atoms with Crippen LogP contribution in [0.1, 0.15) is 96.5 Å². The molecule has 1 aromatic rings. The van der Waals surface area contributed by atoms with Crippen LogP contribution in [0.25, 0.3) is 0 Å². The van der Waals surface area contributed by atoms with Crippen LogP contribution in [0.4, 0.5) is 4.39 Å². The third kappa shape index (κ3) is 9.71. The maximum atomic E-state index is 14.5. The van der Waals surface area contributed by atoms with Gasteiger partial charge in [-0.25, -0.2) is 9.18 Å². The molecule has 55 heavy (non-hydrogen) atoms. The van der Waals surface area contributed by atoms with Gasteiger partial charge in [-0.2, -0.15) is 0 Å². The van der Waals surface area contributed by atoms with Gasteiger partial charge in [0.05, 0.1) is 0 Å². The van der Waals surface area contributed by atoms with Crippen LogP contribution >= 0.6 is 0 Å². The molecule has 1 aromatic carbocycles. The van der Waals surface area contributed by atoms with E-state index in [1.807, 2.05) is 6.92 Å². The van der Waals surface area contributed by atoms with Gasteiger partial charge in [0.1, 0.15) is 48.2 Å². The first kappa shape index (κ1) is 41.3. The molecule has 0 bridgehead atoms. The Bertz CT molecular complexity index is 1650. The second kappa shape index (κ2) is 18.7. The van der Waals surface area contributed by atoms with Gasteiger partial charge in [-0.15, -0.1) is 0 Å². The summed E-state index contributed by atoms with van der Waals surface area (Å²) in [5, 5.41) is 8.20. The Kier molecular flexibility index (Phi) is 14.0. The maximum Gasteiger partial charge on any atom is 0.328 e. The van der Waals surface area contributed by atoms with Gasteiger partial charge in [-0.3, -0.25) is 28.8 Å². The summed E-state index contributed by atoms with van der Waals surface area (Å²) in [7, 11) is 1.57. The molecule has 3 aliphatic heterocycles. The molecule has 0 aromatic heterocycles. The molecule has 3 saturated heterocycles. The summed E-state index contributed by atoms with van der Waals surface area (Å²) in [5.74, 6) is -4.69. The first-order valence-corrected chi connectivity index (χ1v) is 19.7. The number of amides is 6. The SMILES string of the molecule is CCCC/C=C/C(=O)N[C@@H](Cc1cccc(F)c1)C(=O)N[C@H]1COC(=O)[C@@H]2CCCN2C(=O)[C@H](C)NC(=O)C2(CCCCC2)N(C)C(=O)[C@@H]2CCCN2C1=O. The van der Waals surface area contributed by atoms with Crippen molar-refractivity contribution in [2.45, 2.75) is 133 Å². The minimum atomic E-state index is -1.48. The highest BCUT2D eigenvalue weighted by Crippen LogP contribution is 2.35. The van der Waals surface area contributed by atoms with Gasteiger partial charge >= 0.3 is 5.97 Å². The number of nitrogens with zero attached hydrogens (tertiary/aromatic N) is 3. The summed E-state index contributed by atoms with van der Waals surface area (Å²) in [6.07, 6.45) is 9.99. The zero-order chi connectivity index (χ0) is 39.7. The fourth-order valence-corrected chi connectivity index (χ4v) is 8.24. The van der Waals surface area contributed by atoms with Crippen molar-refractivity contribution < 1.29 is 42.7 Å². The van der Waals surface area contributed by atoms with E-state index in [1.54, 1.807) is 26.1 Å². The normalized spacial score (nSPS) is 25.7. The van der Waals surface area contributed by atoms with E-state index in [0.717, 1.165) is 19.3 Å². The average Bonchev–Trinajstić information content (AvgIpc) is 3.87. The lowest BCUT2D eigenvalue weighted by molar-refractivity contribution is -0.160. The molecule has 300 valence electrons. The largest absolute Gasteiger partial charge is 0.461 e. The topological polar surface area (TPSA) is 175 Å². The second-order valence-electron chi connectivity index (χ2n) is 15.2. The van der Waals surface area contributed by atoms with Crippen molar-refractivity contribution in [3.8, 4) is 0 Å². The van der Waals surface area contributed by atoms with Gasteiger partial charge in [-0.05, 0) is 75.6 Å². The van der Waals surface area contributed by atoms with Crippen molar-refractivity contribution in [1.29, 1.82) is 0 Å². The fourth-order valence-electron chi connectivity index (χ4n) is 8.24. The fraction of sp³-hybridized carbons (Fsp3) is 0.625. The van der Waals surface area contributed by atoms with Gasteiger partial charge < -0.3 is 35.4 Å². The molecule has 3 N–H and O–H groups in total. The van der Waals surface area contributed by atoms with Crippen LogP contribution in [0.5, 0.6) is 0 Å². The van der Waals surface area contributed by atoms with E-state index in [2.05, 4.69) is 16.0 Å². The second-order valence-corrected chi connectivity index (χ2v) is 15.2. The lowest BCUT2D eigenvalue weighted by atomic mass is 9.79. The molecule has 6 amide bonds. The molecule has 4 aliphatic rings. The van der Waals surface area contributed by atoms with Crippen LogP contribution in [-0.2, 0) is 44.7 Å². The third-order valence-electron chi connectivity index (χ3n) is 11.4. The summed E-state index contributed by atoms with van der Waals surface area (Å²) in [5.41, 5.74) is -0.831. The molecule has 0 radical (unpaired) electrons. The lowest BCUT2D eigenvalue weighted by Gasteiger charge is -2.45. The number of esters is 1. The van der Waals surface area contributed by atoms with E-state index in [-0.39, 0.29) is 19.5 Å². The lowest BCUT2D eigenvalue weighted by Crippen LogP contribution is -2.65. The van der Waals surface area contributed by atoms with Crippen molar-refractivity contribution in [3.05, 3.63) is 47.8 Å². The Labute approximate surface area is 321 Å². The molecule has 5 rings (SSSR count). The van der Waals surface area contributed by atoms with Crippen LogP contribution in [0, 0.1) is 5.82 Å². The van der Waals surface area contributed by atoms with Crippen molar-refractivity contribution >= 4 is 41.4 Å². The summed E-state index contributed by atoms with van der Waals surface area (Å²) < 4.78 is 19.9. The van der Waals surface area contributed by atoms with Crippen molar-refractivity contribution in [1.82, 2.24) is 30.7 Å². The number of likely N-dealkylation sites (N-methyl/N-ethyl adjacent to an activating group) is 1. The highest BCUT2D eigenvalue weighted by molar-refractivity contribution is 5.99. The zero-order valence-corrected chi connectivity index (χ0v) is 32.2. The van der Waals surface area contributed by atoms with Crippen LogP contribution < -0.4 is 16.0 Å². The van der Waals surface area contributed by atoms with Crippen molar-refractivity contribution in [2.24, 2.45) is 0 Å². The van der Waals surface area contributed by atoms with Crippen LogP contribution in [0.15, 0.2) is 36.4 Å². The van der Waals surface area contributed by atoms with Crippen LogP contribution in [0.2, 0.25) is 0 Å². The Balaban J connectivity index is 1.47. The summed E-state index contributed by atoms with van der Waals surface area (Å²) >= 11 is 0. The van der Waals surface area contributed by atoms with Crippen LogP contribution in [-0.4, -0.2) is 119 Å². The molecular formula is C40H55FN6O8. The first-order chi connectivity index (χ1) is 26.4. The molecule has 1 saturated carbocycles. The number of halogens is 1. The van der Waals surface area contributed by atoms with Gasteiger partial charge in [0.2, 0.25) is 35.4 Å². The van der Waals surface area contributed by atoms with E-state index < -0.39 is 89.6 Å². The molecule has 3 heterocycles. The minimum Gasteiger partial charge on any atom is -0.461 e. The number of allylic oxidation sites excluding steroid dienone is 1. The average molecular weight is 767 g/mol. The quantitative estimate of drug-likeness (QED) is 0.195. The molecule has 1 aliphatic carbocycles. The predicted octanol–water partition coefficient (Wildman–Crippen LogP) is 2.29. The molecule has 14 nitrogen and oxygen atoms in total. The summed E-state index contributed by atoms with van der Waals surface area (Å²) in [6.45, 7) is 3.41. The van der Waals surface area contributed by atoms with Crippen molar-refractivity contribution in [3.63, 3.8) is 0 Å². The van der Waals surface area contributed by atoms with Gasteiger partial charge in [0, 0.05) is 26.6 Å². The summed E-state index contributed by atoms with van der Waals surface area (Å²) in [6, 6.07) is -0.0713. The maximum absolute atomic E-state index is 14.5. The standard InChI is InChI=1S/C40H55FN6O8/c1-4-5-6-8-18-33(48)43-29(24-27-14-11-15-28(41)23-27)34(49)44-30-25-55-38(53)32-17-13-22-47(32)35(50)26(2)42-39(54)40(19-9-7-10-20-40)45(3)37(52)31-16-12-21-46(31)36(30)51/h8,11,14-15,18,23,26,29-32H,4-7,9-10,12-13,16-17,19-22,24-25H2,1-3H3,(H,42,54)(H,43,48)(H,44,49)/b18-8+/t26-,29-,30-,31-,32-/m0/s1. The monoisotopic (exact) mass is 766 g/mol. The molecule has 5 atom stereocenters. The third-order valence-corrected chi connectivity index (χ3v) is 11.4. The number of hydrogen-bond acceptors (Lipinski definition) is 8. The number of cyclic esters (lactones) is 1. The number of carbonyl (C=O) groups is 7. The van der Waals surface area contributed by atoms with E-state index in [4.69, 9.17) is 4.74 Å². The highest BCUT2D eigenvalue weighted by atomic mass is 19.1. The Morgan fingerprint density at radius 2 is 1.67 bits per heavy atom. The van der Waals surface area contributed by atoms with E-state index in [9.17, 15) is 38.0 Å². The van der Waals surface area contributed by atoms with E-state index >= 15 is 0 Å². The van der Waals surface area contributed by atoms with Gasteiger partial charge in [-0.1, -0.05) is 57.2 Å². The van der Waals surface area contributed by atoms with Gasteiger partial charge in [0.25, 0.3) is 0 Å². The smallest absolute Gasteiger partial charge is 0.328 e. The zero-order valence-electron chi connectivity index (χ0n) is 32.2. The number of fused-ring (bicyclic) bond motifs is 2. The van der Waals surface area contributed by atoms with E-state index in [1.165, 1.54) is 39.0 Å². The molecule has 1 spiro atoms. The van der Waals surface area contributed by atoms with Crippen LogP contribution in [0.3, 0.4) is 0 Å². The van der Waals surface area contributed by atoms with E-state index in [0.29, 0.717) is 63.4 Å². The van der Waals surface area contributed by atoms with Crippen molar-refractivity contribution in [2.75, 3.05) is 26.7 Å². The number of unbranched alkanes of at least 4 members (excludes halogenated alkanes) is 2. The molecule has 4 fully saturated rings. The number of ether oxygens (including phenoxy) is 1. The number of rotatable bonds is 9. The molecule has 0 unspecified atom stereocenters. The number of hydrogen-bond donors (Lipinski definition) is 3.